The Morgan fingerprint density at radius 1 is 1.40 bits per heavy atom. The SMILES string of the molecule is Cn1cnnc1CCNc1cccc(S(C)(=O)=O)c1N. The van der Waals surface area contributed by atoms with Crippen molar-refractivity contribution in [3.8, 4) is 0 Å². The van der Waals surface area contributed by atoms with Gasteiger partial charge in [0.15, 0.2) is 9.84 Å². The zero-order chi connectivity index (χ0) is 14.8. The average molecular weight is 295 g/mol. The highest BCUT2D eigenvalue weighted by Gasteiger charge is 2.13. The molecule has 0 fully saturated rings. The Bertz CT molecular complexity index is 708. The molecule has 108 valence electrons. The van der Waals surface area contributed by atoms with Crippen LogP contribution in [0.4, 0.5) is 11.4 Å². The molecule has 0 aliphatic carbocycles. The molecule has 0 saturated heterocycles. The number of hydrogen-bond acceptors (Lipinski definition) is 6. The summed E-state index contributed by atoms with van der Waals surface area (Å²) in [5.74, 6) is 0.843. The Labute approximate surface area is 117 Å². The Hall–Kier alpha value is -2.09. The van der Waals surface area contributed by atoms with Crippen LogP contribution in [0.25, 0.3) is 0 Å². The number of nitrogens with zero attached hydrogens (tertiary/aromatic N) is 3. The van der Waals surface area contributed by atoms with Gasteiger partial charge in [0.05, 0.1) is 16.3 Å². The molecule has 1 aromatic heterocycles. The van der Waals surface area contributed by atoms with E-state index in [1.165, 1.54) is 6.07 Å². The summed E-state index contributed by atoms with van der Waals surface area (Å²) in [5.41, 5.74) is 6.73. The molecule has 0 aliphatic heterocycles. The minimum Gasteiger partial charge on any atom is -0.396 e. The van der Waals surface area contributed by atoms with Crippen molar-refractivity contribution in [2.75, 3.05) is 23.9 Å². The zero-order valence-corrected chi connectivity index (χ0v) is 12.2. The van der Waals surface area contributed by atoms with Crippen molar-refractivity contribution < 1.29 is 8.42 Å². The number of nitrogens with two attached hydrogens (primary N) is 1. The highest BCUT2D eigenvalue weighted by atomic mass is 32.2. The molecule has 1 aromatic carbocycles. The van der Waals surface area contributed by atoms with Crippen molar-refractivity contribution in [1.82, 2.24) is 14.8 Å². The smallest absolute Gasteiger partial charge is 0.177 e. The first-order valence-corrected chi connectivity index (χ1v) is 7.94. The van der Waals surface area contributed by atoms with Crippen molar-refractivity contribution in [1.29, 1.82) is 0 Å². The lowest BCUT2D eigenvalue weighted by Gasteiger charge is -2.11. The van der Waals surface area contributed by atoms with E-state index in [0.717, 1.165) is 12.1 Å². The summed E-state index contributed by atoms with van der Waals surface area (Å²) in [6, 6.07) is 4.91. The summed E-state index contributed by atoms with van der Waals surface area (Å²) in [4.78, 5) is 0.140. The summed E-state index contributed by atoms with van der Waals surface area (Å²) in [5, 5.41) is 10.9. The molecule has 2 aromatic rings. The number of hydrogen-bond donors (Lipinski definition) is 2. The molecule has 0 saturated carbocycles. The maximum absolute atomic E-state index is 11.6. The molecular weight excluding hydrogens is 278 g/mol. The number of aryl methyl sites for hydroxylation is 1. The lowest BCUT2D eigenvalue weighted by Crippen LogP contribution is -2.11. The van der Waals surface area contributed by atoms with Crippen molar-refractivity contribution in [3.05, 3.63) is 30.4 Å². The van der Waals surface area contributed by atoms with Gasteiger partial charge in [0.2, 0.25) is 0 Å². The van der Waals surface area contributed by atoms with Gasteiger partial charge in [-0.05, 0) is 12.1 Å². The fourth-order valence-electron chi connectivity index (χ4n) is 1.86. The first-order valence-electron chi connectivity index (χ1n) is 6.05. The van der Waals surface area contributed by atoms with Crippen LogP contribution < -0.4 is 11.1 Å². The molecule has 1 heterocycles. The molecule has 20 heavy (non-hydrogen) atoms. The quantitative estimate of drug-likeness (QED) is 0.777. The Morgan fingerprint density at radius 2 is 2.15 bits per heavy atom. The third-order valence-electron chi connectivity index (χ3n) is 2.93. The standard InChI is InChI=1S/C12H17N5O2S/c1-17-8-15-16-11(17)6-7-14-9-4-3-5-10(12(9)13)20(2,18)19/h3-5,8,14H,6-7,13H2,1-2H3. The molecule has 3 N–H and O–H groups in total. The van der Waals surface area contributed by atoms with Crippen LogP contribution in [0, 0.1) is 0 Å². The van der Waals surface area contributed by atoms with Gasteiger partial charge in [-0.3, -0.25) is 0 Å². The van der Waals surface area contributed by atoms with Crippen LogP contribution in [0.15, 0.2) is 29.4 Å². The Kier molecular flexibility index (Phi) is 3.93. The number of aromatic nitrogens is 3. The van der Waals surface area contributed by atoms with E-state index in [9.17, 15) is 8.42 Å². The highest BCUT2D eigenvalue weighted by Crippen LogP contribution is 2.26. The van der Waals surface area contributed by atoms with Crippen LogP contribution in [-0.4, -0.2) is 36.0 Å². The summed E-state index contributed by atoms with van der Waals surface area (Å²) in [7, 11) is -1.45. The number of nitrogen functional groups attached to an aromatic ring is 1. The van der Waals surface area contributed by atoms with Crippen LogP contribution in [0.2, 0.25) is 0 Å². The van der Waals surface area contributed by atoms with Gasteiger partial charge in [0.1, 0.15) is 12.2 Å². The second kappa shape index (κ2) is 5.49. The molecule has 8 heteroatoms. The fourth-order valence-corrected chi connectivity index (χ4v) is 2.70. The molecule has 0 atom stereocenters. The van der Waals surface area contributed by atoms with E-state index in [4.69, 9.17) is 5.73 Å². The zero-order valence-electron chi connectivity index (χ0n) is 11.4. The maximum Gasteiger partial charge on any atom is 0.177 e. The lowest BCUT2D eigenvalue weighted by atomic mass is 10.2. The van der Waals surface area contributed by atoms with Crippen LogP contribution in [0.3, 0.4) is 0 Å². The molecular formula is C12H17N5O2S. The fraction of sp³-hybridized carbons (Fsp3) is 0.333. The second-order valence-corrected chi connectivity index (χ2v) is 6.51. The summed E-state index contributed by atoms with van der Waals surface area (Å²) >= 11 is 0. The van der Waals surface area contributed by atoms with Crippen molar-refractivity contribution in [3.63, 3.8) is 0 Å². The first kappa shape index (κ1) is 14.3. The molecule has 0 spiro atoms. The van der Waals surface area contributed by atoms with Gasteiger partial charge in [-0.1, -0.05) is 6.07 Å². The molecule has 2 rings (SSSR count). The predicted octanol–water partition coefficient (Wildman–Crippen LogP) is 0.455. The summed E-state index contributed by atoms with van der Waals surface area (Å²) in [6.45, 7) is 0.587. The van der Waals surface area contributed by atoms with Gasteiger partial charge >= 0.3 is 0 Å². The van der Waals surface area contributed by atoms with Crippen molar-refractivity contribution >= 4 is 21.2 Å². The van der Waals surface area contributed by atoms with E-state index in [-0.39, 0.29) is 10.6 Å². The Morgan fingerprint density at radius 3 is 2.75 bits per heavy atom. The van der Waals surface area contributed by atoms with Gasteiger partial charge in [-0.15, -0.1) is 10.2 Å². The van der Waals surface area contributed by atoms with Crippen molar-refractivity contribution in [2.45, 2.75) is 11.3 Å². The summed E-state index contributed by atoms with van der Waals surface area (Å²) in [6.07, 6.45) is 3.44. The average Bonchev–Trinajstić information content (AvgIpc) is 2.76. The lowest BCUT2D eigenvalue weighted by molar-refractivity contribution is 0.602. The third kappa shape index (κ3) is 3.08. The maximum atomic E-state index is 11.6. The minimum atomic E-state index is -3.32. The number of para-hydroxylation sites is 1. The highest BCUT2D eigenvalue weighted by molar-refractivity contribution is 7.90. The number of anilines is 2. The van der Waals surface area contributed by atoms with Gasteiger partial charge in [-0.25, -0.2) is 8.42 Å². The number of rotatable bonds is 5. The predicted molar refractivity (Wildman–Crippen MR) is 77.2 cm³/mol. The topological polar surface area (TPSA) is 103 Å². The molecule has 0 aliphatic rings. The van der Waals surface area contributed by atoms with Gasteiger partial charge < -0.3 is 15.6 Å². The number of nitrogens with one attached hydrogen (secondary N) is 1. The molecule has 0 unspecified atom stereocenters. The van der Waals surface area contributed by atoms with Gasteiger partial charge in [0.25, 0.3) is 0 Å². The van der Waals surface area contributed by atoms with Gasteiger partial charge in [-0.2, -0.15) is 0 Å². The van der Waals surface area contributed by atoms with Crippen LogP contribution in [0.1, 0.15) is 5.82 Å². The second-order valence-electron chi connectivity index (χ2n) is 4.52. The van der Waals surface area contributed by atoms with E-state index < -0.39 is 9.84 Å². The van der Waals surface area contributed by atoms with Crippen LogP contribution in [0.5, 0.6) is 0 Å². The third-order valence-corrected chi connectivity index (χ3v) is 4.09. The normalized spacial score (nSPS) is 11.5. The minimum absolute atomic E-state index is 0.140. The largest absolute Gasteiger partial charge is 0.396 e. The number of sulfone groups is 1. The van der Waals surface area contributed by atoms with Gasteiger partial charge in [0, 0.05) is 26.3 Å². The van der Waals surface area contributed by atoms with Crippen LogP contribution in [-0.2, 0) is 23.3 Å². The monoisotopic (exact) mass is 295 g/mol. The van der Waals surface area contributed by atoms with E-state index >= 15 is 0 Å². The van der Waals surface area contributed by atoms with E-state index in [1.54, 1.807) is 18.5 Å². The Balaban J connectivity index is 2.09. The molecule has 0 amide bonds. The van der Waals surface area contributed by atoms with E-state index in [1.807, 2.05) is 11.6 Å². The molecule has 0 radical (unpaired) electrons. The van der Waals surface area contributed by atoms with Crippen molar-refractivity contribution in [2.24, 2.45) is 7.05 Å². The molecule has 0 bridgehead atoms. The van der Waals surface area contributed by atoms with E-state index in [2.05, 4.69) is 15.5 Å². The number of benzene rings is 1. The molecule has 7 nitrogen and oxygen atoms in total. The first-order chi connectivity index (χ1) is 9.39. The van der Waals surface area contributed by atoms with E-state index in [0.29, 0.717) is 18.7 Å². The van der Waals surface area contributed by atoms with Crippen LogP contribution >= 0.6 is 0 Å². The summed E-state index contributed by atoms with van der Waals surface area (Å²) < 4.78 is 25.0.